The number of aryl methyl sites for hydroxylation is 2. The SMILES string of the molecule is COc1cc(C(=O)N2CCNC(=O)[C@H]2CC(=O)Nc2ccc(C)c(C)c2)cc(OC)c1OC. The standard InChI is InChI=1S/C24H29N3O6/c1-14-6-7-17(10-15(14)2)26-21(28)13-18-23(29)25-8-9-27(18)24(30)16-11-19(31-3)22(33-5)20(12-16)32-4/h6-7,10-12,18H,8-9,13H2,1-5H3,(H,25,29)(H,26,28)/t18-/m1/s1. The van der Waals surface area contributed by atoms with Gasteiger partial charge in [0.25, 0.3) is 5.91 Å². The summed E-state index contributed by atoms with van der Waals surface area (Å²) in [4.78, 5) is 40.1. The summed E-state index contributed by atoms with van der Waals surface area (Å²) in [5.41, 5.74) is 3.06. The van der Waals surface area contributed by atoms with E-state index in [2.05, 4.69) is 10.6 Å². The molecule has 1 heterocycles. The van der Waals surface area contributed by atoms with Crippen LogP contribution in [0.1, 0.15) is 27.9 Å². The molecule has 0 spiro atoms. The van der Waals surface area contributed by atoms with E-state index < -0.39 is 11.9 Å². The quantitative estimate of drug-likeness (QED) is 0.664. The van der Waals surface area contributed by atoms with Gasteiger partial charge in [-0.2, -0.15) is 0 Å². The highest BCUT2D eigenvalue weighted by Gasteiger charge is 2.35. The third-order valence-corrected chi connectivity index (χ3v) is 5.67. The van der Waals surface area contributed by atoms with Crippen LogP contribution in [-0.4, -0.2) is 63.1 Å². The van der Waals surface area contributed by atoms with E-state index in [-0.39, 0.29) is 30.3 Å². The first-order valence-electron chi connectivity index (χ1n) is 10.5. The molecule has 1 aliphatic rings. The highest BCUT2D eigenvalue weighted by atomic mass is 16.5. The van der Waals surface area contributed by atoms with Gasteiger partial charge in [0.15, 0.2) is 11.5 Å². The minimum atomic E-state index is -0.947. The first-order valence-corrected chi connectivity index (χ1v) is 10.5. The van der Waals surface area contributed by atoms with Gasteiger partial charge in [-0.25, -0.2) is 0 Å². The van der Waals surface area contributed by atoms with E-state index in [1.807, 2.05) is 26.0 Å². The van der Waals surface area contributed by atoms with Gasteiger partial charge in [-0.15, -0.1) is 0 Å². The number of hydrogen-bond donors (Lipinski definition) is 2. The third-order valence-electron chi connectivity index (χ3n) is 5.67. The van der Waals surface area contributed by atoms with Crippen molar-refractivity contribution >= 4 is 23.4 Å². The zero-order valence-electron chi connectivity index (χ0n) is 19.5. The molecule has 0 aliphatic carbocycles. The van der Waals surface area contributed by atoms with Crippen molar-refractivity contribution in [2.24, 2.45) is 0 Å². The summed E-state index contributed by atoms with van der Waals surface area (Å²) in [5, 5.41) is 5.55. The lowest BCUT2D eigenvalue weighted by molar-refractivity contribution is -0.131. The summed E-state index contributed by atoms with van der Waals surface area (Å²) >= 11 is 0. The van der Waals surface area contributed by atoms with Crippen molar-refractivity contribution in [3.63, 3.8) is 0 Å². The fourth-order valence-corrected chi connectivity index (χ4v) is 3.74. The number of methoxy groups -OCH3 is 3. The smallest absolute Gasteiger partial charge is 0.254 e. The number of ether oxygens (including phenoxy) is 3. The highest BCUT2D eigenvalue weighted by molar-refractivity contribution is 6.02. The Bertz CT molecular complexity index is 1040. The molecule has 0 unspecified atom stereocenters. The Labute approximate surface area is 193 Å². The number of carbonyl (C=O) groups is 3. The molecule has 2 aromatic carbocycles. The van der Waals surface area contributed by atoms with Crippen LogP contribution in [0, 0.1) is 13.8 Å². The summed E-state index contributed by atoms with van der Waals surface area (Å²) in [6.45, 7) is 4.50. The average Bonchev–Trinajstić information content (AvgIpc) is 2.81. The lowest BCUT2D eigenvalue weighted by Crippen LogP contribution is -2.58. The molecule has 1 atom stereocenters. The Kier molecular flexibility index (Phi) is 7.42. The Hall–Kier alpha value is -3.75. The second-order valence-corrected chi connectivity index (χ2v) is 7.77. The summed E-state index contributed by atoms with van der Waals surface area (Å²) < 4.78 is 16.0. The van der Waals surface area contributed by atoms with Gasteiger partial charge in [0.1, 0.15) is 6.04 Å². The Balaban J connectivity index is 1.83. The van der Waals surface area contributed by atoms with Crippen LogP contribution in [0.5, 0.6) is 17.2 Å². The van der Waals surface area contributed by atoms with Gasteiger partial charge in [0.2, 0.25) is 17.6 Å². The Morgan fingerprint density at radius 2 is 1.70 bits per heavy atom. The van der Waals surface area contributed by atoms with Crippen LogP contribution >= 0.6 is 0 Å². The molecule has 3 amide bonds. The van der Waals surface area contributed by atoms with E-state index >= 15 is 0 Å². The monoisotopic (exact) mass is 455 g/mol. The molecule has 2 aromatic rings. The normalized spacial score (nSPS) is 15.5. The number of hydrogen-bond acceptors (Lipinski definition) is 6. The Morgan fingerprint density at radius 3 is 2.27 bits per heavy atom. The minimum Gasteiger partial charge on any atom is -0.493 e. The molecule has 1 saturated heterocycles. The molecule has 0 radical (unpaired) electrons. The number of rotatable bonds is 7. The predicted molar refractivity (Wildman–Crippen MR) is 123 cm³/mol. The van der Waals surface area contributed by atoms with Crippen LogP contribution in [0.3, 0.4) is 0 Å². The predicted octanol–water partition coefficient (Wildman–Crippen LogP) is 2.30. The van der Waals surface area contributed by atoms with Gasteiger partial charge in [0.05, 0.1) is 27.8 Å². The largest absolute Gasteiger partial charge is 0.493 e. The van der Waals surface area contributed by atoms with Crippen LogP contribution in [-0.2, 0) is 9.59 Å². The zero-order valence-corrected chi connectivity index (χ0v) is 19.5. The van der Waals surface area contributed by atoms with E-state index in [0.717, 1.165) is 11.1 Å². The first kappa shape index (κ1) is 23.9. The van der Waals surface area contributed by atoms with Gasteiger partial charge < -0.3 is 29.7 Å². The van der Waals surface area contributed by atoms with E-state index in [9.17, 15) is 14.4 Å². The van der Waals surface area contributed by atoms with Crippen LogP contribution < -0.4 is 24.8 Å². The maximum atomic E-state index is 13.4. The second-order valence-electron chi connectivity index (χ2n) is 7.77. The van der Waals surface area contributed by atoms with Crippen molar-refractivity contribution in [1.29, 1.82) is 0 Å². The summed E-state index contributed by atoms with van der Waals surface area (Å²) in [6.07, 6.45) is -0.172. The molecule has 1 aliphatic heterocycles. The molecule has 2 N–H and O–H groups in total. The average molecular weight is 456 g/mol. The molecular formula is C24H29N3O6. The Morgan fingerprint density at radius 1 is 1.03 bits per heavy atom. The van der Waals surface area contributed by atoms with Gasteiger partial charge in [-0.05, 0) is 49.2 Å². The van der Waals surface area contributed by atoms with E-state index in [0.29, 0.717) is 29.5 Å². The van der Waals surface area contributed by atoms with Crippen LogP contribution in [0.25, 0.3) is 0 Å². The number of anilines is 1. The first-order chi connectivity index (χ1) is 15.8. The molecule has 9 heteroatoms. The van der Waals surface area contributed by atoms with Crippen LogP contribution in [0.15, 0.2) is 30.3 Å². The fraction of sp³-hybridized carbons (Fsp3) is 0.375. The van der Waals surface area contributed by atoms with E-state index in [1.54, 1.807) is 6.07 Å². The van der Waals surface area contributed by atoms with Gasteiger partial charge in [0, 0.05) is 24.3 Å². The molecule has 1 fully saturated rings. The van der Waals surface area contributed by atoms with Crippen molar-refractivity contribution < 1.29 is 28.6 Å². The zero-order chi connectivity index (χ0) is 24.1. The summed E-state index contributed by atoms with van der Waals surface area (Å²) in [5.74, 6) is -0.137. The molecule has 0 aromatic heterocycles. The number of amides is 3. The van der Waals surface area contributed by atoms with E-state index in [4.69, 9.17) is 14.2 Å². The van der Waals surface area contributed by atoms with Crippen LogP contribution in [0.4, 0.5) is 5.69 Å². The maximum absolute atomic E-state index is 13.4. The molecule has 3 rings (SSSR count). The van der Waals surface area contributed by atoms with Crippen molar-refractivity contribution in [3.05, 3.63) is 47.0 Å². The molecular weight excluding hydrogens is 426 g/mol. The van der Waals surface area contributed by atoms with Crippen LogP contribution in [0.2, 0.25) is 0 Å². The van der Waals surface area contributed by atoms with Crippen molar-refractivity contribution in [1.82, 2.24) is 10.2 Å². The molecule has 9 nitrogen and oxygen atoms in total. The fourth-order valence-electron chi connectivity index (χ4n) is 3.74. The van der Waals surface area contributed by atoms with Crippen molar-refractivity contribution in [2.45, 2.75) is 26.3 Å². The van der Waals surface area contributed by atoms with E-state index in [1.165, 1.54) is 38.4 Å². The molecule has 176 valence electrons. The number of nitrogens with zero attached hydrogens (tertiary/aromatic N) is 1. The van der Waals surface area contributed by atoms with Gasteiger partial charge in [-0.3, -0.25) is 14.4 Å². The topological polar surface area (TPSA) is 106 Å². The van der Waals surface area contributed by atoms with Crippen molar-refractivity contribution in [3.8, 4) is 17.2 Å². The number of piperazine rings is 1. The lowest BCUT2D eigenvalue weighted by Gasteiger charge is -2.35. The highest BCUT2D eigenvalue weighted by Crippen LogP contribution is 2.38. The second kappa shape index (κ2) is 10.2. The minimum absolute atomic E-state index is 0.172. The maximum Gasteiger partial charge on any atom is 0.254 e. The summed E-state index contributed by atoms with van der Waals surface area (Å²) in [7, 11) is 4.39. The number of benzene rings is 2. The van der Waals surface area contributed by atoms with Gasteiger partial charge in [-0.1, -0.05) is 6.07 Å². The summed E-state index contributed by atoms with van der Waals surface area (Å²) in [6, 6.07) is 7.70. The van der Waals surface area contributed by atoms with Gasteiger partial charge >= 0.3 is 0 Å². The lowest BCUT2D eigenvalue weighted by atomic mass is 10.0. The number of carbonyl (C=O) groups excluding carboxylic acids is 3. The molecule has 0 bridgehead atoms. The number of nitrogens with one attached hydrogen (secondary N) is 2. The molecule has 33 heavy (non-hydrogen) atoms. The third kappa shape index (κ3) is 5.19. The van der Waals surface area contributed by atoms with Crippen molar-refractivity contribution in [2.75, 3.05) is 39.7 Å². The molecule has 0 saturated carbocycles.